The standard InChI is InChI=1S/C13H26N4O5/c1-14-11(18)8-17(10-13(21)22)7-6-15(2)4-5-16(3)9-12(19)20/h4-10H2,1-3H3,(H,14,18)(H,19,20)(H,21,22). The Labute approximate surface area is 130 Å². The van der Waals surface area contributed by atoms with Crippen molar-refractivity contribution in [3.05, 3.63) is 0 Å². The Morgan fingerprint density at radius 2 is 1.32 bits per heavy atom. The molecule has 9 nitrogen and oxygen atoms in total. The lowest BCUT2D eigenvalue weighted by Gasteiger charge is -2.25. The summed E-state index contributed by atoms with van der Waals surface area (Å²) in [6.45, 7) is 2.11. The summed E-state index contributed by atoms with van der Waals surface area (Å²) in [5, 5.41) is 20.0. The quantitative estimate of drug-likeness (QED) is 0.381. The van der Waals surface area contributed by atoms with Crippen LogP contribution in [-0.4, -0.2) is 110 Å². The number of rotatable bonds is 12. The largest absolute Gasteiger partial charge is 0.480 e. The molecule has 128 valence electrons. The number of hydrogen-bond acceptors (Lipinski definition) is 6. The molecule has 0 fully saturated rings. The smallest absolute Gasteiger partial charge is 0.317 e. The topological polar surface area (TPSA) is 113 Å². The van der Waals surface area contributed by atoms with Gasteiger partial charge in [-0.25, -0.2) is 0 Å². The van der Waals surface area contributed by atoms with Crippen LogP contribution in [0.4, 0.5) is 0 Å². The third kappa shape index (κ3) is 11.0. The van der Waals surface area contributed by atoms with Crippen LogP contribution in [0, 0.1) is 0 Å². The van der Waals surface area contributed by atoms with E-state index in [0.29, 0.717) is 26.2 Å². The first-order valence-corrected chi connectivity index (χ1v) is 6.98. The molecular weight excluding hydrogens is 292 g/mol. The maximum atomic E-state index is 11.3. The monoisotopic (exact) mass is 318 g/mol. The highest BCUT2D eigenvalue weighted by Crippen LogP contribution is 1.92. The molecule has 3 N–H and O–H groups in total. The van der Waals surface area contributed by atoms with Gasteiger partial charge in [-0.2, -0.15) is 0 Å². The van der Waals surface area contributed by atoms with E-state index in [9.17, 15) is 14.4 Å². The molecule has 1 amide bonds. The Morgan fingerprint density at radius 3 is 1.82 bits per heavy atom. The van der Waals surface area contributed by atoms with Crippen LogP contribution in [-0.2, 0) is 14.4 Å². The van der Waals surface area contributed by atoms with E-state index in [0.717, 1.165) is 0 Å². The number of aliphatic carboxylic acids is 2. The molecule has 9 heteroatoms. The van der Waals surface area contributed by atoms with E-state index >= 15 is 0 Å². The van der Waals surface area contributed by atoms with Gasteiger partial charge in [0.05, 0.1) is 19.6 Å². The van der Waals surface area contributed by atoms with Gasteiger partial charge in [-0.3, -0.25) is 24.2 Å². The number of hydrogen-bond donors (Lipinski definition) is 3. The maximum Gasteiger partial charge on any atom is 0.317 e. The highest BCUT2D eigenvalue weighted by atomic mass is 16.4. The third-order valence-electron chi connectivity index (χ3n) is 3.07. The molecule has 0 spiro atoms. The van der Waals surface area contributed by atoms with Gasteiger partial charge in [-0.1, -0.05) is 0 Å². The first kappa shape index (κ1) is 20.3. The minimum absolute atomic E-state index is 0.0182. The molecule has 22 heavy (non-hydrogen) atoms. The molecule has 0 rings (SSSR count). The summed E-state index contributed by atoms with van der Waals surface area (Å²) in [6, 6.07) is 0. The number of nitrogens with zero attached hydrogens (tertiary/aromatic N) is 3. The lowest BCUT2D eigenvalue weighted by atomic mass is 10.4. The van der Waals surface area contributed by atoms with Crippen molar-refractivity contribution in [3.8, 4) is 0 Å². The summed E-state index contributed by atoms with van der Waals surface area (Å²) in [5.74, 6) is -2.08. The van der Waals surface area contributed by atoms with Crippen LogP contribution in [0.5, 0.6) is 0 Å². The second-order valence-electron chi connectivity index (χ2n) is 5.21. The van der Waals surface area contributed by atoms with Gasteiger partial charge in [0.2, 0.25) is 5.91 Å². The number of carboxylic acids is 2. The second kappa shape index (κ2) is 10.9. The van der Waals surface area contributed by atoms with Gasteiger partial charge in [-0.05, 0) is 14.1 Å². The van der Waals surface area contributed by atoms with Crippen LogP contribution in [0.3, 0.4) is 0 Å². The zero-order valence-electron chi connectivity index (χ0n) is 13.4. The fourth-order valence-electron chi connectivity index (χ4n) is 1.76. The lowest BCUT2D eigenvalue weighted by Crippen LogP contribution is -2.43. The number of carboxylic acid groups (broad SMARTS) is 2. The normalized spacial score (nSPS) is 11.2. The van der Waals surface area contributed by atoms with Gasteiger partial charge < -0.3 is 20.4 Å². The first-order chi connectivity index (χ1) is 10.2. The number of carbonyl (C=O) groups excluding carboxylic acids is 1. The van der Waals surface area contributed by atoms with Crippen LogP contribution in [0.2, 0.25) is 0 Å². The summed E-state index contributed by atoms with van der Waals surface area (Å²) >= 11 is 0. The Balaban J connectivity index is 4.13. The number of amides is 1. The molecule has 0 atom stereocenters. The van der Waals surface area contributed by atoms with E-state index < -0.39 is 11.9 Å². The molecule has 0 aliphatic rings. The van der Waals surface area contributed by atoms with Crippen molar-refractivity contribution in [3.63, 3.8) is 0 Å². The highest BCUT2D eigenvalue weighted by molar-refractivity contribution is 5.78. The van der Waals surface area contributed by atoms with E-state index in [1.54, 1.807) is 16.8 Å². The molecule has 0 unspecified atom stereocenters. The summed E-state index contributed by atoms with van der Waals surface area (Å²) in [4.78, 5) is 37.9. The summed E-state index contributed by atoms with van der Waals surface area (Å²) < 4.78 is 0. The van der Waals surface area contributed by atoms with Crippen LogP contribution in [0.1, 0.15) is 0 Å². The number of likely N-dealkylation sites (N-methyl/N-ethyl adjacent to an activating group) is 3. The summed E-state index contributed by atoms with van der Waals surface area (Å²) in [7, 11) is 5.10. The Bertz CT molecular complexity index is 377. The van der Waals surface area contributed by atoms with E-state index in [1.165, 1.54) is 7.05 Å². The average molecular weight is 318 g/mol. The highest BCUT2D eigenvalue weighted by Gasteiger charge is 2.14. The third-order valence-corrected chi connectivity index (χ3v) is 3.07. The van der Waals surface area contributed by atoms with Gasteiger partial charge in [0.1, 0.15) is 0 Å². The predicted octanol–water partition coefficient (Wildman–Crippen LogP) is -1.93. The molecule has 0 aromatic carbocycles. The van der Waals surface area contributed by atoms with Crippen molar-refractivity contribution in [2.75, 3.05) is 67.0 Å². The van der Waals surface area contributed by atoms with Crippen LogP contribution in [0.25, 0.3) is 0 Å². The van der Waals surface area contributed by atoms with E-state index in [1.807, 2.05) is 11.9 Å². The molecule has 0 heterocycles. The van der Waals surface area contributed by atoms with E-state index in [2.05, 4.69) is 5.32 Å². The molecule has 0 bridgehead atoms. The van der Waals surface area contributed by atoms with Gasteiger partial charge in [-0.15, -0.1) is 0 Å². The van der Waals surface area contributed by atoms with Crippen molar-refractivity contribution in [1.82, 2.24) is 20.0 Å². The fourth-order valence-corrected chi connectivity index (χ4v) is 1.76. The minimum atomic E-state index is -0.979. The number of nitrogens with one attached hydrogen (secondary N) is 1. The van der Waals surface area contributed by atoms with Crippen molar-refractivity contribution in [2.24, 2.45) is 0 Å². The fraction of sp³-hybridized carbons (Fsp3) is 0.769. The molecule has 0 aliphatic carbocycles. The average Bonchev–Trinajstić information content (AvgIpc) is 2.41. The SMILES string of the molecule is CNC(=O)CN(CCN(C)CCN(C)CC(=O)O)CC(=O)O. The molecule has 0 saturated carbocycles. The Kier molecular flexibility index (Phi) is 10.1. The lowest BCUT2D eigenvalue weighted by molar-refractivity contribution is -0.139. The minimum Gasteiger partial charge on any atom is -0.480 e. The Morgan fingerprint density at radius 1 is 0.818 bits per heavy atom. The molecule has 0 aliphatic heterocycles. The van der Waals surface area contributed by atoms with E-state index in [-0.39, 0.29) is 25.5 Å². The van der Waals surface area contributed by atoms with Crippen molar-refractivity contribution < 1.29 is 24.6 Å². The first-order valence-electron chi connectivity index (χ1n) is 6.98. The Hall–Kier alpha value is -1.71. The molecule has 0 aromatic rings. The van der Waals surface area contributed by atoms with E-state index in [4.69, 9.17) is 10.2 Å². The van der Waals surface area contributed by atoms with Crippen LogP contribution < -0.4 is 5.32 Å². The van der Waals surface area contributed by atoms with Crippen molar-refractivity contribution in [2.45, 2.75) is 0 Å². The predicted molar refractivity (Wildman–Crippen MR) is 80.8 cm³/mol. The molecule has 0 aromatic heterocycles. The molecular formula is C13H26N4O5. The maximum absolute atomic E-state index is 11.3. The van der Waals surface area contributed by atoms with Gasteiger partial charge in [0.15, 0.2) is 0 Å². The summed E-state index contributed by atoms with van der Waals surface area (Å²) in [6.07, 6.45) is 0. The van der Waals surface area contributed by atoms with Crippen molar-refractivity contribution in [1.29, 1.82) is 0 Å². The second-order valence-corrected chi connectivity index (χ2v) is 5.21. The molecule has 0 radical (unpaired) electrons. The molecule has 0 saturated heterocycles. The van der Waals surface area contributed by atoms with Gasteiger partial charge in [0.25, 0.3) is 0 Å². The van der Waals surface area contributed by atoms with Crippen molar-refractivity contribution >= 4 is 17.8 Å². The number of carbonyl (C=O) groups is 3. The van der Waals surface area contributed by atoms with Gasteiger partial charge >= 0.3 is 11.9 Å². The zero-order chi connectivity index (χ0) is 17.1. The summed E-state index contributed by atoms with van der Waals surface area (Å²) in [5.41, 5.74) is 0. The van der Waals surface area contributed by atoms with Gasteiger partial charge in [0, 0.05) is 33.2 Å². The van der Waals surface area contributed by atoms with Crippen LogP contribution >= 0.6 is 0 Å². The van der Waals surface area contributed by atoms with Crippen LogP contribution in [0.15, 0.2) is 0 Å². The zero-order valence-corrected chi connectivity index (χ0v) is 13.4.